The van der Waals surface area contributed by atoms with Crippen molar-refractivity contribution in [3.63, 3.8) is 0 Å². The molecular weight excluding hydrogens is 260 g/mol. The van der Waals surface area contributed by atoms with Gasteiger partial charge < -0.3 is 9.84 Å². The van der Waals surface area contributed by atoms with Crippen molar-refractivity contribution in [2.45, 2.75) is 25.4 Å². The molecule has 2 unspecified atom stereocenters. The van der Waals surface area contributed by atoms with Crippen LogP contribution < -0.4 is 0 Å². The van der Waals surface area contributed by atoms with E-state index in [-0.39, 0.29) is 18.0 Å². The van der Waals surface area contributed by atoms with Crippen molar-refractivity contribution in [3.05, 3.63) is 40.3 Å². The second-order valence-electron chi connectivity index (χ2n) is 4.61. The maximum absolute atomic E-state index is 11.5. The van der Waals surface area contributed by atoms with E-state index in [0.717, 1.165) is 28.2 Å². The number of esters is 1. The zero-order valence-electron chi connectivity index (χ0n) is 11.1. The standard InChI is InChI=1S/C15H18O3S/c1-10(15(17)18-2)12-5-3-4-11(8-12)9-14-13(16)6-7-19-14/h3-5,8-10,13,16H,6-7H2,1-2H3/b14-9-. The minimum Gasteiger partial charge on any atom is -0.469 e. The Labute approximate surface area is 117 Å². The van der Waals surface area contributed by atoms with Crippen LogP contribution >= 0.6 is 11.8 Å². The normalized spacial score (nSPS) is 22.5. The molecule has 3 nitrogen and oxygen atoms in total. The van der Waals surface area contributed by atoms with Crippen LogP contribution in [0.4, 0.5) is 0 Å². The van der Waals surface area contributed by atoms with Gasteiger partial charge in [-0.25, -0.2) is 0 Å². The van der Waals surface area contributed by atoms with Gasteiger partial charge in [-0.3, -0.25) is 4.79 Å². The summed E-state index contributed by atoms with van der Waals surface area (Å²) >= 11 is 1.69. The molecule has 0 bridgehead atoms. The van der Waals surface area contributed by atoms with Crippen molar-refractivity contribution in [1.29, 1.82) is 0 Å². The molecule has 1 fully saturated rings. The van der Waals surface area contributed by atoms with Gasteiger partial charge in [0, 0.05) is 10.7 Å². The van der Waals surface area contributed by atoms with E-state index in [9.17, 15) is 9.90 Å². The number of benzene rings is 1. The number of carbonyl (C=O) groups is 1. The van der Waals surface area contributed by atoms with Crippen LogP contribution in [0.2, 0.25) is 0 Å². The molecule has 0 saturated carbocycles. The second kappa shape index (κ2) is 6.26. The van der Waals surface area contributed by atoms with Crippen LogP contribution in [0.15, 0.2) is 29.2 Å². The molecule has 1 heterocycles. The predicted molar refractivity (Wildman–Crippen MR) is 77.9 cm³/mol. The summed E-state index contributed by atoms with van der Waals surface area (Å²) in [5, 5.41) is 9.79. The Morgan fingerprint density at radius 3 is 3.00 bits per heavy atom. The fourth-order valence-electron chi connectivity index (χ4n) is 2.06. The largest absolute Gasteiger partial charge is 0.469 e. The third-order valence-electron chi connectivity index (χ3n) is 3.26. The summed E-state index contributed by atoms with van der Waals surface area (Å²) in [5.74, 6) is 0.454. The third-order valence-corrected chi connectivity index (χ3v) is 4.43. The number of aliphatic hydroxyl groups excluding tert-OH is 1. The minimum atomic E-state index is -0.341. The lowest BCUT2D eigenvalue weighted by Gasteiger charge is -2.10. The fourth-order valence-corrected chi connectivity index (χ4v) is 3.17. The SMILES string of the molecule is COC(=O)C(C)c1cccc(/C=C2\SCCC2O)c1. The van der Waals surface area contributed by atoms with Gasteiger partial charge in [0.1, 0.15) is 0 Å². The van der Waals surface area contributed by atoms with Gasteiger partial charge in [0.25, 0.3) is 0 Å². The van der Waals surface area contributed by atoms with Crippen LogP contribution in [0.3, 0.4) is 0 Å². The maximum atomic E-state index is 11.5. The van der Waals surface area contributed by atoms with E-state index in [4.69, 9.17) is 4.74 Å². The molecule has 19 heavy (non-hydrogen) atoms. The Balaban J connectivity index is 2.22. The van der Waals surface area contributed by atoms with Crippen LogP contribution in [-0.2, 0) is 9.53 Å². The van der Waals surface area contributed by atoms with Crippen LogP contribution in [0.5, 0.6) is 0 Å². The van der Waals surface area contributed by atoms with E-state index in [1.807, 2.05) is 37.3 Å². The predicted octanol–water partition coefficient (Wildman–Crippen LogP) is 2.80. The van der Waals surface area contributed by atoms with E-state index in [1.54, 1.807) is 11.8 Å². The van der Waals surface area contributed by atoms with Crippen molar-refractivity contribution in [1.82, 2.24) is 0 Å². The van der Waals surface area contributed by atoms with Crippen molar-refractivity contribution in [2.75, 3.05) is 12.9 Å². The van der Waals surface area contributed by atoms with E-state index >= 15 is 0 Å². The molecule has 2 atom stereocenters. The van der Waals surface area contributed by atoms with Gasteiger partial charge in [0.2, 0.25) is 0 Å². The van der Waals surface area contributed by atoms with E-state index < -0.39 is 0 Å². The van der Waals surface area contributed by atoms with E-state index in [2.05, 4.69) is 0 Å². The molecule has 0 aliphatic carbocycles. The first-order valence-electron chi connectivity index (χ1n) is 6.32. The highest BCUT2D eigenvalue weighted by molar-refractivity contribution is 8.03. The molecule has 0 aromatic heterocycles. The summed E-state index contributed by atoms with van der Waals surface area (Å²) in [6, 6.07) is 7.79. The van der Waals surface area contributed by atoms with Crippen LogP contribution in [0, 0.1) is 0 Å². The average Bonchev–Trinajstić information content (AvgIpc) is 2.83. The van der Waals surface area contributed by atoms with Gasteiger partial charge in [0.15, 0.2) is 0 Å². The van der Waals surface area contributed by atoms with Gasteiger partial charge >= 0.3 is 5.97 Å². The molecular formula is C15H18O3S. The van der Waals surface area contributed by atoms with Gasteiger partial charge in [-0.1, -0.05) is 24.3 Å². The molecule has 2 rings (SSSR count). The molecule has 1 saturated heterocycles. The Morgan fingerprint density at radius 2 is 2.37 bits per heavy atom. The molecule has 1 aromatic rings. The molecule has 102 valence electrons. The lowest BCUT2D eigenvalue weighted by Crippen LogP contribution is -2.10. The number of aliphatic hydroxyl groups is 1. The highest BCUT2D eigenvalue weighted by Gasteiger charge is 2.19. The van der Waals surface area contributed by atoms with Gasteiger partial charge in [-0.2, -0.15) is 0 Å². The van der Waals surface area contributed by atoms with Crippen LogP contribution in [0.25, 0.3) is 6.08 Å². The topological polar surface area (TPSA) is 46.5 Å². The highest BCUT2D eigenvalue weighted by atomic mass is 32.2. The summed E-state index contributed by atoms with van der Waals surface area (Å²) < 4.78 is 4.76. The third kappa shape index (κ3) is 3.39. The Morgan fingerprint density at radius 1 is 1.58 bits per heavy atom. The van der Waals surface area contributed by atoms with Crippen molar-refractivity contribution < 1.29 is 14.6 Å². The molecule has 4 heteroatoms. The van der Waals surface area contributed by atoms with E-state index in [0.29, 0.717) is 0 Å². The number of thioether (sulfide) groups is 1. The first-order valence-corrected chi connectivity index (χ1v) is 7.30. The summed E-state index contributed by atoms with van der Waals surface area (Å²) in [6.07, 6.45) is 2.47. The zero-order valence-corrected chi connectivity index (χ0v) is 11.9. The maximum Gasteiger partial charge on any atom is 0.312 e. The molecule has 0 radical (unpaired) electrons. The van der Waals surface area contributed by atoms with Crippen LogP contribution in [-0.4, -0.2) is 30.0 Å². The number of hydrogen-bond acceptors (Lipinski definition) is 4. The average molecular weight is 278 g/mol. The Kier molecular flexibility index (Phi) is 4.66. The molecule has 1 aromatic carbocycles. The summed E-state index contributed by atoms with van der Waals surface area (Å²) in [7, 11) is 1.40. The number of ether oxygens (including phenoxy) is 1. The molecule has 0 spiro atoms. The molecule has 1 aliphatic rings. The molecule has 1 N–H and O–H groups in total. The van der Waals surface area contributed by atoms with Gasteiger partial charge in [-0.05, 0) is 30.5 Å². The van der Waals surface area contributed by atoms with Crippen molar-refractivity contribution in [2.24, 2.45) is 0 Å². The Hall–Kier alpha value is -1.26. The summed E-state index contributed by atoms with van der Waals surface area (Å²) in [4.78, 5) is 12.5. The van der Waals surface area contributed by atoms with Crippen molar-refractivity contribution >= 4 is 23.8 Å². The highest BCUT2D eigenvalue weighted by Crippen LogP contribution is 2.32. The molecule has 1 aliphatic heterocycles. The smallest absolute Gasteiger partial charge is 0.312 e. The summed E-state index contributed by atoms with van der Waals surface area (Å²) in [5.41, 5.74) is 1.94. The van der Waals surface area contributed by atoms with Gasteiger partial charge in [0.05, 0.1) is 19.1 Å². The zero-order chi connectivity index (χ0) is 13.8. The monoisotopic (exact) mass is 278 g/mol. The molecule has 0 amide bonds. The Bertz CT molecular complexity index is 496. The second-order valence-corrected chi connectivity index (χ2v) is 5.78. The number of carbonyl (C=O) groups excluding carboxylic acids is 1. The lowest BCUT2D eigenvalue weighted by atomic mass is 9.99. The first-order chi connectivity index (χ1) is 9.11. The first kappa shape index (κ1) is 14.2. The number of rotatable bonds is 3. The number of methoxy groups -OCH3 is 1. The quantitative estimate of drug-likeness (QED) is 0.864. The lowest BCUT2D eigenvalue weighted by molar-refractivity contribution is -0.141. The number of hydrogen-bond donors (Lipinski definition) is 1. The minimum absolute atomic E-state index is 0.236. The fraction of sp³-hybridized carbons (Fsp3) is 0.400. The van der Waals surface area contributed by atoms with Crippen molar-refractivity contribution in [3.8, 4) is 0 Å². The van der Waals surface area contributed by atoms with Crippen LogP contribution in [0.1, 0.15) is 30.4 Å². The summed E-state index contributed by atoms with van der Waals surface area (Å²) in [6.45, 7) is 1.83. The van der Waals surface area contributed by atoms with E-state index in [1.165, 1.54) is 7.11 Å². The van der Waals surface area contributed by atoms with Gasteiger partial charge in [-0.15, -0.1) is 11.8 Å².